The number of aromatic nitrogens is 1. The molecular weight excluding hydrogens is 614 g/mol. The van der Waals surface area contributed by atoms with E-state index in [4.69, 9.17) is 9.47 Å². The number of para-hydroxylation sites is 2. The van der Waals surface area contributed by atoms with Crippen LogP contribution >= 0.6 is 0 Å². The third-order valence-corrected chi connectivity index (χ3v) is 9.01. The number of rotatable bonds is 11. The van der Waals surface area contributed by atoms with Gasteiger partial charge in [0.15, 0.2) is 6.21 Å². The van der Waals surface area contributed by atoms with Crippen molar-refractivity contribution < 1.29 is 23.6 Å². The van der Waals surface area contributed by atoms with E-state index in [1.807, 2.05) is 105 Å². The van der Waals surface area contributed by atoms with E-state index in [1.54, 1.807) is 0 Å². The molecule has 0 bridgehead atoms. The van der Waals surface area contributed by atoms with Crippen molar-refractivity contribution in [1.29, 1.82) is 0 Å². The quantitative estimate of drug-likeness (QED) is 0.103. The number of morpholine rings is 1. The van der Waals surface area contributed by atoms with Crippen LogP contribution in [0.2, 0.25) is 0 Å². The molecule has 2 amide bonds. The SMILES string of the molecule is COC(=O)N[C@H](C(=O)Nc1ccccc1CC[C@@H]1CN[C@H](c2[nH]c3ccccc3c2C=[N+](C)C)CO1)C(c1ccccc1)c1ccccc1. The van der Waals surface area contributed by atoms with Gasteiger partial charge in [0.2, 0.25) is 5.91 Å². The maximum atomic E-state index is 14.1. The van der Waals surface area contributed by atoms with Crippen molar-refractivity contribution in [3.63, 3.8) is 0 Å². The minimum Gasteiger partial charge on any atom is -0.453 e. The number of nitrogens with zero attached hydrogens (tertiary/aromatic N) is 1. The number of carbonyl (C=O) groups is 2. The van der Waals surface area contributed by atoms with E-state index in [-0.39, 0.29) is 18.1 Å². The number of amides is 2. The number of hydrogen-bond donors (Lipinski definition) is 4. The van der Waals surface area contributed by atoms with Gasteiger partial charge in [0.1, 0.15) is 20.1 Å². The Balaban J connectivity index is 1.15. The van der Waals surface area contributed by atoms with Gasteiger partial charge in [-0.2, -0.15) is 0 Å². The van der Waals surface area contributed by atoms with Crippen molar-refractivity contribution in [2.24, 2.45) is 0 Å². The Bertz CT molecular complexity index is 1850. The monoisotopic (exact) mass is 658 g/mol. The van der Waals surface area contributed by atoms with Crippen LogP contribution in [0.3, 0.4) is 0 Å². The van der Waals surface area contributed by atoms with Crippen LogP contribution in [0.15, 0.2) is 109 Å². The maximum Gasteiger partial charge on any atom is 0.407 e. The Labute approximate surface area is 287 Å². The van der Waals surface area contributed by atoms with Crippen LogP contribution < -0.4 is 16.0 Å². The average molecular weight is 659 g/mol. The molecule has 1 aromatic heterocycles. The van der Waals surface area contributed by atoms with Crippen LogP contribution in [0.25, 0.3) is 10.9 Å². The summed E-state index contributed by atoms with van der Waals surface area (Å²) in [6.07, 6.45) is 2.97. The molecule has 9 nitrogen and oxygen atoms in total. The van der Waals surface area contributed by atoms with Crippen molar-refractivity contribution in [3.05, 3.63) is 137 Å². The van der Waals surface area contributed by atoms with E-state index in [9.17, 15) is 9.59 Å². The molecule has 0 radical (unpaired) electrons. The van der Waals surface area contributed by atoms with Crippen molar-refractivity contribution in [2.75, 3.05) is 39.7 Å². The molecule has 0 spiro atoms. The second-order valence-corrected chi connectivity index (χ2v) is 12.6. The van der Waals surface area contributed by atoms with Gasteiger partial charge in [0.25, 0.3) is 0 Å². The number of alkyl carbamates (subject to hydrolysis) is 1. The van der Waals surface area contributed by atoms with Crippen LogP contribution in [0.1, 0.15) is 46.3 Å². The molecule has 0 saturated carbocycles. The van der Waals surface area contributed by atoms with Gasteiger partial charge in [0, 0.05) is 34.7 Å². The number of H-pyrrole nitrogens is 1. The van der Waals surface area contributed by atoms with Crippen LogP contribution in [0.4, 0.5) is 10.5 Å². The predicted octanol–water partition coefficient (Wildman–Crippen LogP) is 6.02. The molecule has 2 heterocycles. The smallest absolute Gasteiger partial charge is 0.407 e. The van der Waals surface area contributed by atoms with E-state index in [0.717, 1.165) is 34.3 Å². The Morgan fingerprint density at radius 2 is 1.57 bits per heavy atom. The van der Waals surface area contributed by atoms with Gasteiger partial charge >= 0.3 is 6.09 Å². The number of aromatic amines is 1. The Hall–Kier alpha value is -5.25. The van der Waals surface area contributed by atoms with E-state index < -0.39 is 18.1 Å². The summed E-state index contributed by atoms with van der Waals surface area (Å²) in [4.78, 5) is 30.3. The highest BCUT2D eigenvalue weighted by Gasteiger charge is 2.33. The highest BCUT2D eigenvalue weighted by molar-refractivity contribution is 5.99. The summed E-state index contributed by atoms with van der Waals surface area (Å²) in [5.41, 5.74) is 6.90. The zero-order valence-electron chi connectivity index (χ0n) is 28.2. The number of carbonyl (C=O) groups excluding carboxylic acids is 2. The number of nitrogens with one attached hydrogen (secondary N) is 4. The van der Waals surface area contributed by atoms with E-state index >= 15 is 0 Å². The van der Waals surface area contributed by atoms with Crippen molar-refractivity contribution >= 4 is 34.8 Å². The summed E-state index contributed by atoms with van der Waals surface area (Å²) in [6, 6.07) is 34.7. The van der Waals surface area contributed by atoms with Gasteiger partial charge in [-0.05, 0) is 41.7 Å². The van der Waals surface area contributed by atoms with Crippen LogP contribution in [-0.2, 0) is 20.7 Å². The topological polar surface area (TPSA) is 107 Å². The first-order valence-electron chi connectivity index (χ1n) is 16.7. The molecule has 1 fully saturated rings. The van der Waals surface area contributed by atoms with Gasteiger partial charge in [-0.3, -0.25) is 4.79 Å². The molecule has 1 aliphatic rings. The van der Waals surface area contributed by atoms with E-state index in [1.165, 1.54) is 18.1 Å². The van der Waals surface area contributed by atoms with Gasteiger partial charge < -0.3 is 30.4 Å². The second-order valence-electron chi connectivity index (χ2n) is 12.6. The Morgan fingerprint density at radius 1 is 0.918 bits per heavy atom. The summed E-state index contributed by atoms with van der Waals surface area (Å²) >= 11 is 0. The van der Waals surface area contributed by atoms with E-state index in [2.05, 4.69) is 49.9 Å². The number of fused-ring (bicyclic) bond motifs is 1. The largest absolute Gasteiger partial charge is 0.453 e. The van der Waals surface area contributed by atoms with E-state index in [0.29, 0.717) is 25.3 Å². The van der Waals surface area contributed by atoms with Crippen LogP contribution in [0, 0.1) is 0 Å². The lowest BCUT2D eigenvalue weighted by atomic mass is 9.84. The summed E-state index contributed by atoms with van der Waals surface area (Å²) < 4.78 is 13.4. The maximum absolute atomic E-state index is 14.1. The number of aryl methyl sites for hydroxylation is 1. The summed E-state index contributed by atoms with van der Waals surface area (Å²) in [7, 11) is 5.37. The fraction of sp³-hybridized carbons (Fsp3) is 0.275. The Morgan fingerprint density at radius 3 is 2.22 bits per heavy atom. The minimum absolute atomic E-state index is 0.0138. The summed E-state index contributed by atoms with van der Waals surface area (Å²) in [5, 5.41) is 10.9. The highest BCUT2D eigenvalue weighted by Crippen LogP contribution is 2.31. The van der Waals surface area contributed by atoms with Gasteiger partial charge in [-0.25, -0.2) is 9.37 Å². The molecule has 4 aromatic carbocycles. The van der Waals surface area contributed by atoms with Gasteiger partial charge in [-0.15, -0.1) is 0 Å². The molecule has 49 heavy (non-hydrogen) atoms. The molecule has 1 saturated heterocycles. The number of hydrogen-bond acceptors (Lipinski definition) is 5. The first-order chi connectivity index (χ1) is 23.9. The first-order valence-corrected chi connectivity index (χ1v) is 16.7. The molecule has 252 valence electrons. The lowest BCUT2D eigenvalue weighted by molar-refractivity contribution is -0.458. The lowest BCUT2D eigenvalue weighted by Gasteiger charge is -2.30. The van der Waals surface area contributed by atoms with Crippen molar-refractivity contribution in [2.45, 2.75) is 36.9 Å². The summed E-state index contributed by atoms with van der Waals surface area (Å²) in [5.74, 6) is -0.783. The molecule has 5 aromatic rings. The predicted molar refractivity (Wildman–Crippen MR) is 194 cm³/mol. The van der Waals surface area contributed by atoms with Gasteiger partial charge in [-0.1, -0.05) is 97.1 Å². The Kier molecular flexibility index (Phi) is 10.8. The highest BCUT2D eigenvalue weighted by atomic mass is 16.5. The molecule has 6 rings (SSSR count). The average Bonchev–Trinajstić information content (AvgIpc) is 3.49. The molecule has 3 atom stereocenters. The zero-order valence-corrected chi connectivity index (χ0v) is 28.2. The number of ether oxygens (including phenoxy) is 2. The fourth-order valence-electron chi connectivity index (χ4n) is 6.62. The zero-order chi connectivity index (χ0) is 34.2. The van der Waals surface area contributed by atoms with Crippen molar-refractivity contribution in [3.8, 4) is 0 Å². The first kappa shape index (κ1) is 33.6. The number of benzene rings is 4. The third kappa shape index (κ3) is 8.08. The van der Waals surface area contributed by atoms with Crippen LogP contribution in [0.5, 0.6) is 0 Å². The van der Waals surface area contributed by atoms with Crippen molar-refractivity contribution in [1.82, 2.24) is 15.6 Å². The summed E-state index contributed by atoms with van der Waals surface area (Å²) in [6.45, 7) is 1.25. The molecule has 0 unspecified atom stereocenters. The third-order valence-electron chi connectivity index (χ3n) is 9.01. The van der Waals surface area contributed by atoms with Crippen LogP contribution in [-0.4, -0.2) is 74.3 Å². The molecule has 1 aliphatic heterocycles. The molecule has 0 aliphatic carbocycles. The fourth-order valence-corrected chi connectivity index (χ4v) is 6.62. The van der Waals surface area contributed by atoms with Gasteiger partial charge in [0.05, 0.1) is 31.4 Å². The number of methoxy groups -OCH3 is 1. The molecule has 9 heteroatoms. The molecule has 4 N–H and O–H groups in total. The standard InChI is InChI=1S/C40H43N5O4/c1-45(2)25-32-31-19-11-13-21-34(31)42-37(32)35-26-49-30(24-41-35)23-22-27-14-10-12-20-33(27)43-39(46)38(44-40(47)48-3)36(28-15-6-4-7-16-28)29-17-8-5-9-18-29/h4-21,25,30,35-36,38,41H,22-24,26H2,1-3H3,(H2,43,44,46,47)/p+1/t30-,35+,38+/m1/s1. The lowest BCUT2D eigenvalue weighted by Crippen LogP contribution is -2.48. The minimum atomic E-state index is -0.938. The second kappa shape index (κ2) is 15.8. The normalized spacial score (nSPS) is 16.6. The number of anilines is 1. The molecular formula is C40H44N5O4+.